The summed E-state index contributed by atoms with van der Waals surface area (Å²) in [7, 11) is 0. The third-order valence-electron chi connectivity index (χ3n) is 5.51. The van der Waals surface area contributed by atoms with Crippen molar-refractivity contribution in [3.63, 3.8) is 0 Å². The summed E-state index contributed by atoms with van der Waals surface area (Å²) in [5.74, 6) is 1.75. The first-order valence-electron chi connectivity index (χ1n) is 8.20. The summed E-state index contributed by atoms with van der Waals surface area (Å²) in [5, 5.41) is 3.74. The van der Waals surface area contributed by atoms with Crippen LogP contribution in [0.1, 0.15) is 39.5 Å². The van der Waals surface area contributed by atoms with Crippen molar-refractivity contribution in [1.29, 1.82) is 0 Å². The van der Waals surface area contributed by atoms with Gasteiger partial charge in [-0.3, -0.25) is 0 Å². The van der Waals surface area contributed by atoms with E-state index in [-0.39, 0.29) is 0 Å². The Balaban J connectivity index is 1.54. The van der Waals surface area contributed by atoms with Gasteiger partial charge in [-0.15, -0.1) is 0 Å². The fraction of sp³-hybridized carbons (Fsp3) is 1.00. The van der Waals surface area contributed by atoms with Crippen molar-refractivity contribution < 1.29 is 4.74 Å². The van der Waals surface area contributed by atoms with Gasteiger partial charge >= 0.3 is 0 Å². The third-order valence-corrected chi connectivity index (χ3v) is 5.51. The maximum Gasteiger partial charge on any atom is 0.0547 e. The minimum absolute atomic E-state index is 0.392. The Morgan fingerprint density at radius 3 is 2.68 bits per heavy atom. The predicted octanol–water partition coefficient (Wildman–Crippen LogP) is 2.12. The highest BCUT2D eigenvalue weighted by atomic mass is 16.5. The maximum absolute atomic E-state index is 5.74. The number of nitrogens with one attached hydrogen (secondary N) is 1. The van der Waals surface area contributed by atoms with E-state index in [1.165, 1.54) is 45.3 Å². The maximum atomic E-state index is 5.74. The number of rotatable bonds is 5. The monoisotopic (exact) mass is 266 g/mol. The summed E-state index contributed by atoms with van der Waals surface area (Å²) in [6.45, 7) is 11.7. The second-order valence-corrected chi connectivity index (χ2v) is 7.44. The first-order chi connectivity index (χ1) is 9.17. The van der Waals surface area contributed by atoms with Gasteiger partial charge in [-0.05, 0) is 44.1 Å². The van der Waals surface area contributed by atoms with Crippen LogP contribution in [0.5, 0.6) is 0 Å². The van der Waals surface area contributed by atoms with E-state index in [0.29, 0.717) is 5.41 Å². The largest absolute Gasteiger partial charge is 0.381 e. The van der Waals surface area contributed by atoms with E-state index in [9.17, 15) is 0 Å². The lowest BCUT2D eigenvalue weighted by Crippen LogP contribution is -2.49. The van der Waals surface area contributed by atoms with E-state index in [1.54, 1.807) is 0 Å². The molecule has 3 unspecified atom stereocenters. The van der Waals surface area contributed by atoms with Crippen molar-refractivity contribution in [3.8, 4) is 0 Å². The molecule has 3 atom stereocenters. The summed E-state index contributed by atoms with van der Waals surface area (Å²) in [6, 6.07) is 0.817. The van der Waals surface area contributed by atoms with Crippen LogP contribution in [0.2, 0.25) is 0 Å². The molecule has 3 aliphatic rings. The number of hydrogen-bond acceptors (Lipinski definition) is 3. The fourth-order valence-electron chi connectivity index (χ4n) is 3.59. The van der Waals surface area contributed by atoms with Crippen LogP contribution in [0.25, 0.3) is 0 Å². The molecule has 0 aromatic rings. The van der Waals surface area contributed by atoms with Crippen molar-refractivity contribution in [2.75, 3.05) is 39.4 Å². The van der Waals surface area contributed by atoms with E-state index in [0.717, 1.165) is 37.6 Å². The molecule has 2 heterocycles. The van der Waals surface area contributed by atoms with Crippen molar-refractivity contribution >= 4 is 0 Å². The topological polar surface area (TPSA) is 24.5 Å². The van der Waals surface area contributed by atoms with Crippen LogP contribution < -0.4 is 5.32 Å². The number of hydrogen-bond donors (Lipinski definition) is 1. The van der Waals surface area contributed by atoms with Crippen molar-refractivity contribution in [3.05, 3.63) is 0 Å². The van der Waals surface area contributed by atoms with Crippen LogP contribution in [0.3, 0.4) is 0 Å². The highest BCUT2D eigenvalue weighted by Crippen LogP contribution is 2.33. The smallest absolute Gasteiger partial charge is 0.0547 e. The molecule has 0 aromatic carbocycles. The van der Waals surface area contributed by atoms with Gasteiger partial charge in [-0.25, -0.2) is 0 Å². The molecule has 1 N–H and O–H groups in total. The molecule has 0 bridgehead atoms. The second kappa shape index (κ2) is 5.71. The summed E-state index contributed by atoms with van der Waals surface area (Å²) >= 11 is 0. The van der Waals surface area contributed by atoms with Gasteiger partial charge in [0.25, 0.3) is 0 Å². The van der Waals surface area contributed by atoms with Gasteiger partial charge in [0.2, 0.25) is 0 Å². The van der Waals surface area contributed by atoms with E-state index in [2.05, 4.69) is 24.1 Å². The quantitative estimate of drug-likeness (QED) is 0.825. The first kappa shape index (κ1) is 13.8. The van der Waals surface area contributed by atoms with Gasteiger partial charge in [0, 0.05) is 37.7 Å². The summed E-state index contributed by atoms with van der Waals surface area (Å²) in [6.07, 6.45) is 5.38. The number of likely N-dealkylation sites (tertiary alicyclic amines) is 1. The molecule has 2 saturated heterocycles. The summed E-state index contributed by atoms with van der Waals surface area (Å²) in [5.41, 5.74) is 0.392. The standard InChI is InChI=1S/C16H30N2O/c1-13-5-7-18(9-14(13)2)11-16(6-8-19-12-16)10-17-15-3-4-15/h13-15,17H,3-12H2,1-2H3. The van der Waals surface area contributed by atoms with Crippen LogP contribution >= 0.6 is 0 Å². The van der Waals surface area contributed by atoms with Crippen LogP contribution in [-0.4, -0.2) is 50.3 Å². The SMILES string of the molecule is CC1CCN(CC2(CNC3CC3)CCOC2)CC1C. The Morgan fingerprint density at radius 1 is 1.21 bits per heavy atom. The molecule has 3 fully saturated rings. The average molecular weight is 266 g/mol. The average Bonchev–Trinajstić information content (AvgIpc) is 3.12. The van der Waals surface area contributed by atoms with Crippen molar-refractivity contribution in [2.45, 2.75) is 45.6 Å². The lowest BCUT2D eigenvalue weighted by Gasteiger charge is -2.40. The highest BCUT2D eigenvalue weighted by Gasteiger charge is 2.39. The second-order valence-electron chi connectivity index (χ2n) is 7.44. The molecule has 3 nitrogen and oxygen atoms in total. The molecule has 110 valence electrons. The van der Waals surface area contributed by atoms with E-state index in [4.69, 9.17) is 4.74 Å². The summed E-state index contributed by atoms with van der Waals surface area (Å²) in [4.78, 5) is 2.70. The fourth-order valence-corrected chi connectivity index (χ4v) is 3.59. The van der Waals surface area contributed by atoms with Gasteiger partial charge < -0.3 is 15.0 Å². The van der Waals surface area contributed by atoms with Gasteiger partial charge in [-0.2, -0.15) is 0 Å². The van der Waals surface area contributed by atoms with Crippen LogP contribution in [0.15, 0.2) is 0 Å². The van der Waals surface area contributed by atoms with E-state index in [1.807, 2.05) is 0 Å². The minimum atomic E-state index is 0.392. The first-order valence-corrected chi connectivity index (χ1v) is 8.20. The molecule has 0 spiro atoms. The highest BCUT2D eigenvalue weighted by molar-refractivity contribution is 4.93. The normalized spacial score (nSPS) is 40.7. The summed E-state index contributed by atoms with van der Waals surface area (Å²) < 4.78 is 5.74. The third kappa shape index (κ3) is 3.50. The van der Waals surface area contributed by atoms with Gasteiger partial charge in [0.05, 0.1) is 6.61 Å². The molecule has 3 rings (SSSR count). The molecule has 19 heavy (non-hydrogen) atoms. The number of piperidine rings is 1. The molecular weight excluding hydrogens is 236 g/mol. The molecule has 1 aliphatic carbocycles. The Kier molecular flexibility index (Phi) is 4.16. The van der Waals surface area contributed by atoms with Crippen LogP contribution in [0, 0.1) is 17.3 Å². The molecule has 0 amide bonds. The zero-order valence-electron chi connectivity index (χ0n) is 12.7. The number of nitrogens with zero attached hydrogens (tertiary/aromatic N) is 1. The van der Waals surface area contributed by atoms with Crippen molar-refractivity contribution in [1.82, 2.24) is 10.2 Å². The predicted molar refractivity (Wildman–Crippen MR) is 78.3 cm³/mol. The van der Waals surface area contributed by atoms with Crippen LogP contribution in [0.4, 0.5) is 0 Å². The van der Waals surface area contributed by atoms with Gasteiger partial charge in [-0.1, -0.05) is 13.8 Å². The van der Waals surface area contributed by atoms with Crippen molar-refractivity contribution in [2.24, 2.45) is 17.3 Å². The van der Waals surface area contributed by atoms with E-state index >= 15 is 0 Å². The molecule has 3 heteroatoms. The Labute approximate surface area is 118 Å². The zero-order valence-corrected chi connectivity index (χ0v) is 12.7. The Hall–Kier alpha value is -0.120. The molecule has 0 radical (unpaired) electrons. The molecule has 2 aliphatic heterocycles. The zero-order chi connectivity index (χ0) is 13.3. The van der Waals surface area contributed by atoms with Gasteiger partial charge in [0.1, 0.15) is 0 Å². The lowest BCUT2D eigenvalue weighted by atomic mass is 9.83. The molecular formula is C16H30N2O. The minimum Gasteiger partial charge on any atom is -0.381 e. The molecule has 1 saturated carbocycles. The number of ether oxygens (including phenoxy) is 1. The molecule has 0 aromatic heterocycles. The van der Waals surface area contributed by atoms with Gasteiger partial charge in [0.15, 0.2) is 0 Å². The lowest BCUT2D eigenvalue weighted by molar-refractivity contribution is 0.0688. The Bertz CT molecular complexity index is 297. The van der Waals surface area contributed by atoms with E-state index < -0.39 is 0 Å². The van der Waals surface area contributed by atoms with Crippen LogP contribution in [-0.2, 0) is 4.74 Å². The Morgan fingerprint density at radius 2 is 2.05 bits per heavy atom.